The van der Waals surface area contributed by atoms with E-state index in [1.54, 1.807) is 13.8 Å². The molecule has 2 rings (SSSR count). The van der Waals surface area contributed by atoms with Crippen molar-refractivity contribution in [3.63, 3.8) is 0 Å². The Morgan fingerprint density at radius 1 is 1.05 bits per heavy atom. The lowest BCUT2D eigenvalue weighted by Gasteiger charge is -2.18. The van der Waals surface area contributed by atoms with Crippen molar-refractivity contribution in [3.05, 3.63) is 58.1 Å². The summed E-state index contributed by atoms with van der Waals surface area (Å²) < 4.78 is 37.6. The number of rotatable bonds is 1. The Hall–Kier alpha value is -1.54. The second-order valence-corrected chi connectivity index (χ2v) is 5.37. The number of allylic oxidation sites excluding steroid dienone is 4. The number of hydrogen-bond acceptors (Lipinski definition) is 1. The molecule has 0 radical (unpaired) electrons. The van der Waals surface area contributed by atoms with Gasteiger partial charge in [0.15, 0.2) is 0 Å². The summed E-state index contributed by atoms with van der Waals surface area (Å²) in [5.41, 5.74) is 2.04. The fourth-order valence-corrected chi connectivity index (χ4v) is 3.27. The van der Waals surface area contributed by atoms with Crippen LogP contribution in [-0.4, -0.2) is 11.5 Å². The van der Waals surface area contributed by atoms with Gasteiger partial charge >= 0.3 is 6.18 Å². The Morgan fingerprint density at radius 2 is 1.63 bits per heavy atom. The fourth-order valence-electron chi connectivity index (χ4n) is 1.87. The highest BCUT2D eigenvalue weighted by atomic mass is 31.1. The summed E-state index contributed by atoms with van der Waals surface area (Å²) in [5, 5.41) is 12.0. The Morgan fingerprint density at radius 3 is 2.16 bits per heavy atom. The number of alkyl halides is 3. The van der Waals surface area contributed by atoms with Crippen molar-refractivity contribution in [3.8, 4) is 0 Å². The van der Waals surface area contributed by atoms with Gasteiger partial charge in [-0.3, -0.25) is 0 Å². The maximum Gasteiger partial charge on any atom is 0.403 e. The standard InChI is InChI=1S/C14H12F3OP/c1-8-9(2)12(13(18)14(15,16)17)19-11(8)10-6-4-3-5-7-10/h3-7,18H,1-2H3/p-1. The quantitative estimate of drug-likeness (QED) is 0.570. The molecule has 0 fully saturated rings. The van der Waals surface area contributed by atoms with Gasteiger partial charge in [0.05, 0.1) is 0 Å². The summed E-state index contributed by atoms with van der Waals surface area (Å²) in [6.07, 6.45) is -4.81. The molecule has 0 saturated carbocycles. The molecule has 0 amide bonds. The van der Waals surface area contributed by atoms with Crippen molar-refractivity contribution in [2.24, 2.45) is 0 Å². The molecule has 5 heteroatoms. The zero-order valence-electron chi connectivity index (χ0n) is 10.4. The predicted molar refractivity (Wildman–Crippen MR) is 68.9 cm³/mol. The Bertz CT molecular complexity index is 595. The highest BCUT2D eigenvalue weighted by Gasteiger charge is 2.31. The highest BCUT2D eigenvalue weighted by molar-refractivity contribution is 7.48. The minimum atomic E-state index is -4.81. The van der Waals surface area contributed by atoms with E-state index >= 15 is 0 Å². The molecule has 1 aromatic rings. The molecule has 1 aliphatic rings. The molecule has 0 unspecified atom stereocenters. The van der Waals surface area contributed by atoms with E-state index in [1.807, 2.05) is 30.3 Å². The second-order valence-electron chi connectivity index (χ2n) is 4.25. The van der Waals surface area contributed by atoms with E-state index in [0.717, 1.165) is 16.4 Å². The zero-order chi connectivity index (χ0) is 14.2. The molecule has 19 heavy (non-hydrogen) atoms. The first-order chi connectivity index (χ1) is 8.82. The third-order valence-corrected chi connectivity index (χ3v) is 4.60. The molecule has 0 N–H and O–H groups in total. The third-order valence-electron chi connectivity index (χ3n) is 3.02. The van der Waals surface area contributed by atoms with Crippen LogP contribution in [0.3, 0.4) is 0 Å². The van der Waals surface area contributed by atoms with Gasteiger partial charge in [-0.15, -0.1) is 0 Å². The summed E-state index contributed by atoms with van der Waals surface area (Å²) >= 11 is 0. The summed E-state index contributed by atoms with van der Waals surface area (Å²) in [5.74, 6) is -1.74. The average molecular weight is 283 g/mol. The summed E-state index contributed by atoms with van der Waals surface area (Å²) in [7, 11) is 0.339. The molecule has 1 aliphatic heterocycles. The van der Waals surface area contributed by atoms with Crippen molar-refractivity contribution in [1.82, 2.24) is 0 Å². The van der Waals surface area contributed by atoms with Gasteiger partial charge in [0.25, 0.3) is 0 Å². The summed E-state index contributed by atoms with van der Waals surface area (Å²) in [6.45, 7) is 3.32. The molecule has 0 spiro atoms. The molecular weight excluding hydrogens is 272 g/mol. The van der Waals surface area contributed by atoms with Gasteiger partial charge in [0.1, 0.15) is 0 Å². The van der Waals surface area contributed by atoms with Gasteiger partial charge in [-0.1, -0.05) is 38.5 Å². The van der Waals surface area contributed by atoms with Gasteiger partial charge in [-0.25, -0.2) is 0 Å². The number of halogens is 3. The maximum atomic E-state index is 12.5. The maximum absolute atomic E-state index is 12.5. The topological polar surface area (TPSA) is 23.1 Å². The van der Waals surface area contributed by atoms with Crippen LogP contribution in [0.2, 0.25) is 0 Å². The van der Waals surface area contributed by atoms with E-state index in [0.29, 0.717) is 13.8 Å². The Labute approximate surface area is 110 Å². The lowest BCUT2D eigenvalue weighted by molar-refractivity contribution is -0.360. The molecule has 1 aromatic carbocycles. The predicted octanol–water partition coefficient (Wildman–Crippen LogP) is 3.64. The smallest absolute Gasteiger partial charge is 0.403 e. The van der Waals surface area contributed by atoms with Crippen LogP contribution in [0, 0.1) is 0 Å². The van der Waals surface area contributed by atoms with Crippen LogP contribution in [0.5, 0.6) is 0 Å². The third kappa shape index (κ3) is 2.59. The van der Waals surface area contributed by atoms with E-state index in [9.17, 15) is 18.3 Å². The van der Waals surface area contributed by atoms with Crippen molar-refractivity contribution in [1.29, 1.82) is 0 Å². The first-order valence-electron chi connectivity index (χ1n) is 5.63. The van der Waals surface area contributed by atoms with Crippen LogP contribution >= 0.6 is 8.20 Å². The van der Waals surface area contributed by atoms with Crippen LogP contribution in [0.25, 0.3) is 0 Å². The highest BCUT2D eigenvalue weighted by Crippen LogP contribution is 2.42. The van der Waals surface area contributed by atoms with Crippen LogP contribution < -0.4 is 5.11 Å². The van der Waals surface area contributed by atoms with Gasteiger partial charge in [-0.2, -0.15) is 13.2 Å². The van der Waals surface area contributed by atoms with Crippen LogP contribution in [0.4, 0.5) is 13.2 Å². The van der Waals surface area contributed by atoms with E-state index in [1.165, 1.54) is 0 Å². The first kappa shape index (κ1) is 13.9. The molecule has 100 valence electrons. The monoisotopic (exact) mass is 283 g/mol. The summed E-state index contributed by atoms with van der Waals surface area (Å²) in [6, 6.07) is 9.15. The largest absolute Gasteiger partial charge is 0.869 e. The van der Waals surface area contributed by atoms with Crippen LogP contribution in [0.1, 0.15) is 19.4 Å². The zero-order valence-corrected chi connectivity index (χ0v) is 11.3. The molecule has 0 aliphatic carbocycles. The van der Waals surface area contributed by atoms with Crippen LogP contribution in [-0.2, 0) is 0 Å². The van der Waals surface area contributed by atoms with Crippen molar-refractivity contribution in [2.45, 2.75) is 20.0 Å². The molecule has 0 atom stereocenters. The molecule has 1 heterocycles. The average Bonchev–Trinajstić information content (AvgIpc) is 2.66. The molecule has 0 bridgehead atoms. The number of hydrogen-bond donors (Lipinski definition) is 0. The van der Waals surface area contributed by atoms with Crippen molar-refractivity contribution in [2.75, 3.05) is 0 Å². The van der Waals surface area contributed by atoms with E-state index in [-0.39, 0.29) is 5.31 Å². The van der Waals surface area contributed by atoms with Gasteiger partial charge in [-0.05, 0) is 36.3 Å². The van der Waals surface area contributed by atoms with E-state index in [2.05, 4.69) is 0 Å². The minimum absolute atomic E-state index is 0.163. The van der Waals surface area contributed by atoms with E-state index in [4.69, 9.17) is 0 Å². The Balaban J connectivity index is 2.57. The minimum Gasteiger partial charge on any atom is -0.869 e. The first-order valence-corrected chi connectivity index (χ1v) is 6.52. The summed E-state index contributed by atoms with van der Waals surface area (Å²) in [4.78, 5) is 0. The van der Waals surface area contributed by atoms with Gasteiger partial charge in [0.2, 0.25) is 0 Å². The second kappa shape index (κ2) is 4.86. The molecule has 0 aromatic heterocycles. The Kier molecular flexibility index (Phi) is 3.55. The lowest BCUT2D eigenvalue weighted by Crippen LogP contribution is -2.24. The normalized spacial score (nSPS) is 19.5. The fraction of sp³-hybridized carbons (Fsp3) is 0.214. The molecule has 1 nitrogen and oxygen atoms in total. The van der Waals surface area contributed by atoms with Crippen molar-refractivity contribution < 1.29 is 18.3 Å². The van der Waals surface area contributed by atoms with Gasteiger partial charge in [0, 0.05) is 10.6 Å². The van der Waals surface area contributed by atoms with E-state index < -0.39 is 11.9 Å². The van der Waals surface area contributed by atoms with Crippen LogP contribution in [0.15, 0.2) is 52.6 Å². The lowest BCUT2D eigenvalue weighted by atomic mass is 10.0. The van der Waals surface area contributed by atoms with Crippen molar-refractivity contribution >= 4 is 13.5 Å². The number of benzene rings is 1. The SMILES string of the molecule is CC1=C(C)C(=C([O-])C(F)(F)F)P=C1c1ccccc1. The molecular formula is C14H11F3OP-. The molecule has 0 saturated heterocycles. The van der Waals surface area contributed by atoms with Gasteiger partial charge < -0.3 is 5.11 Å².